The Bertz CT molecular complexity index is 1350. The van der Waals surface area contributed by atoms with Crippen LogP contribution in [0, 0.1) is 11.3 Å². The number of carbonyl (C=O) groups is 1. The number of pyridine rings is 2. The molecular weight excluding hydrogens is 408 g/mol. The maximum Gasteiger partial charge on any atom is 0.341 e. The molecule has 0 saturated heterocycles. The van der Waals surface area contributed by atoms with Crippen LogP contribution in [0.4, 0.5) is 0 Å². The number of ether oxygens (including phenoxy) is 1. The lowest BCUT2D eigenvalue weighted by molar-refractivity contribution is 0.0470. The number of aromatic nitrogens is 1. The molecule has 2 aromatic carbocycles. The maximum absolute atomic E-state index is 13.0. The first kappa shape index (κ1) is 20.5. The van der Waals surface area contributed by atoms with Crippen molar-refractivity contribution in [1.29, 1.82) is 5.26 Å². The topological polar surface area (TPSA) is 71.6 Å². The fourth-order valence-electron chi connectivity index (χ4n) is 3.43. The number of hydrogen-bond acceptors (Lipinski definition) is 5. The average molecular weight is 426 g/mol. The van der Waals surface area contributed by atoms with Gasteiger partial charge in [-0.2, -0.15) is 5.26 Å². The van der Waals surface area contributed by atoms with Gasteiger partial charge in [-0.1, -0.05) is 60.7 Å². The van der Waals surface area contributed by atoms with Crippen LogP contribution in [0.2, 0.25) is 0 Å². The third-order valence-electron chi connectivity index (χ3n) is 4.95. The van der Waals surface area contributed by atoms with Crippen LogP contribution >= 0.6 is 11.8 Å². The Hall–Kier alpha value is -3.82. The molecule has 0 N–H and O–H groups in total. The Kier molecular flexibility index (Phi) is 5.87. The fraction of sp³-hybridized carbons (Fsp3) is 0.0800. The highest BCUT2D eigenvalue weighted by atomic mass is 32.2. The molecule has 0 bridgehead atoms. The Labute approximate surface area is 183 Å². The minimum absolute atomic E-state index is 0.0598. The summed E-state index contributed by atoms with van der Waals surface area (Å²) in [4.78, 5) is 26.0. The van der Waals surface area contributed by atoms with Gasteiger partial charge in [-0.25, -0.2) is 4.79 Å². The number of fused-ring (bicyclic) bond motifs is 1. The SMILES string of the molecule is CSc1c(C#N)c(=O)n2ccccc2c1C(=O)OCc1ccc(-c2ccccc2)cc1. The van der Waals surface area contributed by atoms with Crippen LogP contribution in [0.5, 0.6) is 0 Å². The lowest BCUT2D eigenvalue weighted by Gasteiger charge is -2.13. The van der Waals surface area contributed by atoms with Crippen LogP contribution in [0.25, 0.3) is 16.6 Å². The summed E-state index contributed by atoms with van der Waals surface area (Å²) in [5.41, 5.74) is 3.17. The second kappa shape index (κ2) is 8.90. The Morgan fingerprint density at radius 3 is 2.35 bits per heavy atom. The molecule has 0 amide bonds. The molecule has 2 aromatic heterocycles. The Balaban J connectivity index is 1.63. The van der Waals surface area contributed by atoms with E-state index < -0.39 is 11.5 Å². The molecule has 0 aliphatic rings. The maximum atomic E-state index is 13.0. The summed E-state index contributed by atoms with van der Waals surface area (Å²) in [6, 6.07) is 24.8. The van der Waals surface area contributed by atoms with Crippen LogP contribution in [0.3, 0.4) is 0 Å². The molecule has 152 valence electrons. The summed E-state index contributed by atoms with van der Waals surface area (Å²) in [6.45, 7) is 0.0851. The van der Waals surface area contributed by atoms with E-state index in [0.717, 1.165) is 16.7 Å². The lowest BCUT2D eigenvalue weighted by atomic mass is 10.0. The van der Waals surface area contributed by atoms with Gasteiger partial charge in [-0.3, -0.25) is 9.20 Å². The number of hydrogen-bond donors (Lipinski definition) is 0. The van der Waals surface area contributed by atoms with Gasteiger partial charge < -0.3 is 4.74 Å². The predicted octanol–water partition coefficient (Wildman–Crippen LogP) is 4.92. The van der Waals surface area contributed by atoms with Crippen molar-refractivity contribution in [3.63, 3.8) is 0 Å². The molecule has 0 aliphatic heterocycles. The monoisotopic (exact) mass is 426 g/mol. The van der Waals surface area contributed by atoms with E-state index in [-0.39, 0.29) is 17.7 Å². The van der Waals surface area contributed by atoms with Gasteiger partial charge in [-0.15, -0.1) is 11.8 Å². The van der Waals surface area contributed by atoms with Crippen LogP contribution in [-0.4, -0.2) is 16.6 Å². The first-order chi connectivity index (χ1) is 15.1. The van der Waals surface area contributed by atoms with Crippen molar-refractivity contribution in [1.82, 2.24) is 4.40 Å². The largest absolute Gasteiger partial charge is 0.457 e. The van der Waals surface area contributed by atoms with E-state index >= 15 is 0 Å². The van der Waals surface area contributed by atoms with E-state index in [9.17, 15) is 14.9 Å². The smallest absolute Gasteiger partial charge is 0.341 e. The zero-order valence-electron chi connectivity index (χ0n) is 16.7. The quantitative estimate of drug-likeness (QED) is 0.335. The summed E-state index contributed by atoms with van der Waals surface area (Å²) in [7, 11) is 0. The molecule has 6 heteroatoms. The molecular formula is C25H18N2O3S. The van der Waals surface area contributed by atoms with Crippen molar-refractivity contribution in [2.45, 2.75) is 11.5 Å². The van der Waals surface area contributed by atoms with Crippen molar-refractivity contribution in [3.05, 3.63) is 106 Å². The molecule has 0 spiro atoms. The third kappa shape index (κ3) is 3.96. The van der Waals surface area contributed by atoms with Gasteiger partial charge in [0.2, 0.25) is 0 Å². The van der Waals surface area contributed by atoms with Gasteiger partial charge in [0, 0.05) is 11.1 Å². The number of benzene rings is 2. The van der Waals surface area contributed by atoms with Gasteiger partial charge in [0.15, 0.2) is 0 Å². The van der Waals surface area contributed by atoms with Crippen molar-refractivity contribution in [2.75, 3.05) is 6.26 Å². The summed E-state index contributed by atoms with van der Waals surface area (Å²) < 4.78 is 6.88. The van der Waals surface area contributed by atoms with Crippen LogP contribution in [-0.2, 0) is 11.3 Å². The van der Waals surface area contributed by atoms with E-state index in [2.05, 4.69) is 0 Å². The number of rotatable bonds is 5. The zero-order chi connectivity index (χ0) is 21.8. The Morgan fingerprint density at radius 1 is 1.00 bits per heavy atom. The summed E-state index contributed by atoms with van der Waals surface area (Å²) in [5.74, 6) is -0.573. The number of nitrogens with zero attached hydrogens (tertiary/aromatic N) is 2. The highest BCUT2D eigenvalue weighted by Gasteiger charge is 2.23. The summed E-state index contributed by atoms with van der Waals surface area (Å²) >= 11 is 1.19. The second-order valence-electron chi connectivity index (χ2n) is 6.80. The van der Waals surface area contributed by atoms with Gasteiger partial charge in [-0.05, 0) is 35.1 Å². The van der Waals surface area contributed by atoms with Crippen molar-refractivity contribution < 1.29 is 9.53 Å². The number of thioether (sulfide) groups is 1. The minimum atomic E-state index is -0.573. The third-order valence-corrected chi connectivity index (χ3v) is 5.77. The van der Waals surface area contributed by atoms with Gasteiger partial charge in [0.05, 0.1) is 11.1 Å². The highest BCUT2D eigenvalue weighted by Crippen LogP contribution is 2.27. The zero-order valence-corrected chi connectivity index (χ0v) is 17.6. The molecule has 0 aliphatic carbocycles. The molecule has 4 rings (SSSR count). The lowest BCUT2D eigenvalue weighted by Crippen LogP contribution is -2.22. The van der Waals surface area contributed by atoms with Crippen molar-refractivity contribution in [3.8, 4) is 17.2 Å². The van der Waals surface area contributed by atoms with Crippen molar-refractivity contribution in [2.24, 2.45) is 0 Å². The van der Waals surface area contributed by atoms with Crippen LogP contribution in [0.15, 0.2) is 88.7 Å². The summed E-state index contributed by atoms with van der Waals surface area (Å²) in [5, 5.41) is 9.50. The van der Waals surface area contributed by atoms with Crippen LogP contribution in [0.1, 0.15) is 21.5 Å². The highest BCUT2D eigenvalue weighted by molar-refractivity contribution is 7.98. The molecule has 0 radical (unpaired) electrons. The van der Waals surface area contributed by atoms with Gasteiger partial charge >= 0.3 is 5.97 Å². The van der Waals surface area contributed by atoms with E-state index in [1.165, 1.54) is 16.2 Å². The molecule has 0 fully saturated rings. The second-order valence-corrected chi connectivity index (χ2v) is 7.61. The first-order valence-corrected chi connectivity index (χ1v) is 10.8. The number of nitriles is 1. The average Bonchev–Trinajstić information content (AvgIpc) is 2.83. The normalized spacial score (nSPS) is 10.6. The van der Waals surface area contributed by atoms with E-state index in [1.807, 2.05) is 60.7 Å². The summed E-state index contributed by atoms with van der Waals surface area (Å²) in [6.07, 6.45) is 3.27. The molecule has 0 unspecified atom stereocenters. The van der Waals surface area contributed by atoms with Crippen LogP contribution < -0.4 is 5.56 Å². The fourth-order valence-corrected chi connectivity index (χ4v) is 4.16. The molecule has 4 aromatic rings. The molecule has 5 nitrogen and oxygen atoms in total. The molecule has 0 saturated carbocycles. The van der Waals surface area contributed by atoms with Gasteiger partial charge in [0.25, 0.3) is 5.56 Å². The molecule has 2 heterocycles. The van der Waals surface area contributed by atoms with E-state index in [1.54, 1.807) is 30.7 Å². The van der Waals surface area contributed by atoms with Crippen molar-refractivity contribution >= 4 is 23.2 Å². The standard InChI is InChI=1S/C25H18N2O3S/c1-31-23-20(15-26)24(28)27-14-6-5-9-21(27)22(23)25(29)30-16-17-10-12-19(13-11-17)18-7-3-2-4-8-18/h2-14H,16H2,1H3. The van der Waals surface area contributed by atoms with E-state index in [0.29, 0.717) is 10.4 Å². The first-order valence-electron chi connectivity index (χ1n) is 9.57. The number of esters is 1. The van der Waals surface area contributed by atoms with Gasteiger partial charge in [0.1, 0.15) is 18.2 Å². The predicted molar refractivity (Wildman–Crippen MR) is 121 cm³/mol. The minimum Gasteiger partial charge on any atom is -0.457 e. The molecule has 31 heavy (non-hydrogen) atoms. The number of carbonyl (C=O) groups excluding carboxylic acids is 1. The molecule has 0 atom stereocenters. The van der Waals surface area contributed by atoms with E-state index in [4.69, 9.17) is 4.74 Å². The Morgan fingerprint density at radius 2 is 1.68 bits per heavy atom.